The molecule has 5 heteroatoms. The highest BCUT2D eigenvalue weighted by Crippen LogP contribution is 2.44. The van der Waals surface area contributed by atoms with Gasteiger partial charge in [0.2, 0.25) is 0 Å². The highest BCUT2D eigenvalue weighted by atomic mass is 32.2. The van der Waals surface area contributed by atoms with Gasteiger partial charge in [0.15, 0.2) is 0 Å². The maximum atomic E-state index is 6.19. The third-order valence-corrected chi connectivity index (χ3v) is 5.58. The Kier molecular flexibility index (Phi) is 5.65. The van der Waals surface area contributed by atoms with E-state index in [4.69, 9.17) is 15.2 Å². The Morgan fingerprint density at radius 1 is 1.00 bits per heavy atom. The van der Waals surface area contributed by atoms with Crippen LogP contribution in [0.15, 0.2) is 57.2 Å². The van der Waals surface area contributed by atoms with Gasteiger partial charge in [-0.3, -0.25) is 0 Å². The van der Waals surface area contributed by atoms with E-state index in [1.54, 1.807) is 11.8 Å². The Morgan fingerprint density at radius 3 is 2.19 bits per heavy atom. The van der Waals surface area contributed by atoms with Crippen LogP contribution in [0.25, 0.3) is 0 Å². The number of ether oxygens (including phenoxy) is 2. The van der Waals surface area contributed by atoms with Crippen molar-refractivity contribution in [1.29, 1.82) is 0 Å². The molecule has 0 unspecified atom stereocenters. The van der Waals surface area contributed by atoms with E-state index in [1.807, 2.05) is 26.0 Å². The summed E-state index contributed by atoms with van der Waals surface area (Å²) >= 11 is 1.68. The van der Waals surface area contributed by atoms with E-state index in [0.717, 1.165) is 20.9 Å². The molecule has 4 nitrogen and oxygen atoms in total. The minimum absolute atomic E-state index is 0.137. The fourth-order valence-corrected chi connectivity index (χ4v) is 4.24. The maximum Gasteiger partial charge on any atom is 0.301 e. The molecule has 2 aromatic rings. The topological polar surface area (TPSA) is 56.8 Å². The fraction of sp³-hybridized carbons (Fsp3) is 0.409. The predicted octanol–water partition coefficient (Wildman–Crippen LogP) is 5.04. The van der Waals surface area contributed by atoms with E-state index in [-0.39, 0.29) is 5.41 Å². The van der Waals surface area contributed by atoms with Crippen molar-refractivity contribution >= 4 is 17.6 Å². The first-order valence-electron chi connectivity index (χ1n) is 9.36. The molecule has 27 heavy (non-hydrogen) atoms. The third kappa shape index (κ3) is 3.91. The lowest BCUT2D eigenvalue weighted by molar-refractivity contribution is -0.236. The van der Waals surface area contributed by atoms with Crippen LogP contribution in [0.4, 0.5) is 0 Å². The number of rotatable bonds is 6. The van der Waals surface area contributed by atoms with Gasteiger partial charge in [0.1, 0.15) is 5.84 Å². The Hall–Kier alpha value is -1.82. The zero-order valence-electron chi connectivity index (χ0n) is 16.7. The summed E-state index contributed by atoms with van der Waals surface area (Å²) in [5.74, 6) is -0.699. The Balaban J connectivity index is 2.00. The van der Waals surface area contributed by atoms with Crippen LogP contribution in [0.1, 0.15) is 51.3 Å². The number of nitrogens with zero attached hydrogens (tertiary/aromatic N) is 1. The molecule has 0 radical (unpaired) electrons. The summed E-state index contributed by atoms with van der Waals surface area (Å²) in [6, 6.07) is 14.7. The van der Waals surface area contributed by atoms with Gasteiger partial charge in [0.05, 0.1) is 5.56 Å². The lowest BCUT2D eigenvalue weighted by atomic mass is 9.87. The number of aliphatic imine (C=N–C) groups is 1. The Bertz CT molecular complexity index is 832. The average molecular weight is 385 g/mol. The average Bonchev–Trinajstić information content (AvgIpc) is 2.88. The van der Waals surface area contributed by atoms with Crippen molar-refractivity contribution in [2.75, 3.05) is 13.2 Å². The second-order valence-corrected chi connectivity index (χ2v) is 8.62. The normalized spacial score (nSPS) is 15.5. The second kappa shape index (κ2) is 7.66. The molecule has 1 aliphatic rings. The molecule has 2 aromatic carbocycles. The van der Waals surface area contributed by atoms with Gasteiger partial charge in [-0.1, -0.05) is 56.8 Å². The van der Waals surface area contributed by atoms with Crippen LogP contribution in [0.5, 0.6) is 0 Å². The first-order valence-corrected chi connectivity index (χ1v) is 10.2. The van der Waals surface area contributed by atoms with E-state index >= 15 is 0 Å². The number of benzene rings is 2. The number of hydrogen-bond donors (Lipinski definition) is 1. The standard InChI is InChI=1S/C22H28N2O2S/c1-6-25-22(26-7-2)19-17(20(23)24-22)9-8-10-18(19)27-16-13-11-15(12-14-16)21(3,4)5/h8-14H,6-7H2,1-5H3,(H2,23,24). The van der Waals surface area contributed by atoms with Gasteiger partial charge in [-0.2, -0.15) is 0 Å². The zero-order valence-corrected chi connectivity index (χ0v) is 17.5. The highest BCUT2D eigenvalue weighted by molar-refractivity contribution is 7.99. The van der Waals surface area contributed by atoms with Gasteiger partial charge < -0.3 is 15.2 Å². The molecule has 144 valence electrons. The second-order valence-electron chi connectivity index (χ2n) is 7.50. The van der Waals surface area contributed by atoms with Gasteiger partial charge in [0.25, 0.3) is 0 Å². The monoisotopic (exact) mass is 384 g/mol. The molecule has 3 rings (SSSR count). The Labute approximate surface area is 166 Å². The van der Waals surface area contributed by atoms with Gasteiger partial charge >= 0.3 is 5.91 Å². The van der Waals surface area contributed by atoms with E-state index in [9.17, 15) is 0 Å². The first-order chi connectivity index (χ1) is 12.8. The number of fused-ring (bicyclic) bond motifs is 1. The molecule has 0 spiro atoms. The quantitative estimate of drug-likeness (QED) is 0.709. The molecule has 1 aliphatic heterocycles. The molecule has 2 N–H and O–H groups in total. The van der Waals surface area contributed by atoms with Crippen LogP contribution >= 0.6 is 11.8 Å². The molecule has 0 amide bonds. The Morgan fingerprint density at radius 2 is 1.63 bits per heavy atom. The van der Waals surface area contributed by atoms with Crippen LogP contribution in [0.2, 0.25) is 0 Å². The van der Waals surface area contributed by atoms with Crippen molar-refractivity contribution < 1.29 is 9.47 Å². The summed E-state index contributed by atoms with van der Waals surface area (Å²) in [6.07, 6.45) is 0. The minimum atomic E-state index is -1.15. The number of hydrogen-bond acceptors (Lipinski definition) is 5. The van der Waals surface area contributed by atoms with Crippen molar-refractivity contribution in [2.45, 2.75) is 55.7 Å². The van der Waals surface area contributed by atoms with E-state index in [0.29, 0.717) is 19.0 Å². The summed E-state index contributed by atoms with van der Waals surface area (Å²) in [4.78, 5) is 6.75. The van der Waals surface area contributed by atoms with Crippen molar-refractivity contribution in [3.05, 3.63) is 59.2 Å². The fourth-order valence-electron chi connectivity index (χ4n) is 3.22. The molecule has 1 heterocycles. The molecule has 0 bridgehead atoms. The van der Waals surface area contributed by atoms with Crippen LogP contribution < -0.4 is 5.73 Å². The van der Waals surface area contributed by atoms with Crippen LogP contribution in [0.3, 0.4) is 0 Å². The van der Waals surface area contributed by atoms with Crippen LogP contribution in [0, 0.1) is 0 Å². The maximum absolute atomic E-state index is 6.19. The third-order valence-electron chi connectivity index (χ3n) is 4.51. The van der Waals surface area contributed by atoms with E-state index < -0.39 is 5.91 Å². The molecule has 0 atom stereocenters. The number of amidine groups is 1. The highest BCUT2D eigenvalue weighted by Gasteiger charge is 2.43. The van der Waals surface area contributed by atoms with E-state index in [1.165, 1.54) is 5.56 Å². The van der Waals surface area contributed by atoms with Crippen molar-refractivity contribution in [3.8, 4) is 0 Å². The summed E-state index contributed by atoms with van der Waals surface area (Å²) < 4.78 is 11.9. The van der Waals surface area contributed by atoms with Gasteiger partial charge in [-0.05, 0) is 43.0 Å². The molecule has 0 saturated carbocycles. The predicted molar refractivity (Wildman–Crippen MR) is 111 cm³/mol. The van der Waals surface area contributed by atoms with Crippen molar-refractivity contribution in [2.24, 2.45) is 10.7 Å². The van der Waals surface area contributed by atoms with Gasteiger partial charge in [-0.15, -0.1) is 0 Å². The summed E-state index contributed by atoms with van der Waals surface area (Å²) in [6.45, 7) is 11.5. The van der Waals surface area contributed by atoms with Gasteiger partial charge in [0, 0.05) is 28.6 Å². The molecule has 0 fully saturated rings. The molecular weight excluding hydrogens is 356 g/mol. The SMILES string of the molecule is CCOC1(OCC)N=C(N)c2cccc(Sc3ccc(C(C)(C)C)cc3)c21. The summed E-state index contributed by atoms with van der Waals surface area (Å²) in [5, 5.41) is 0. The smallest absolute Gasteiger partial charge is 0.301 e. The largest absolute Gasteiger partial charge is 0.383 e. The lowest BCUT2D eigenvalue weighted by Crippen LogP contribution is -2.30. The zero-order chi connectivity index (χ0) is 19.7. The number of nitrogens with two attached hydrogens (primary N) is 1. The van der Waals surface area contributed by atoms with Gasteiger partial charge in [-0.25, -0.2) is 4.99 Å². The molecule has 0 saturated heterocycles. The van der Waals surface area contributed by atoms with Crippen molar-refractivity contribution in [1.82, 2.24) is 0 Å². The molecule has 0 aliphatic carbocycles. The van der Waals surface area contributed by atoms with Crippen molar-refractivity contribution in [3.63, 3.8) is 0 Å². The van der Waals surface area contributed by atoms with Crippen LogP contribution in [-0.2, 0) is 20.8 Å². The minimum Gasteiger partial charge on any atom is -0.383 e. The molecular formula is C22H28N2O2S. The first kappa shape index (κ1) is 19.9. The molecule has 0 aromatic heterocycles. The van der Waals surface area contributed by atoms with Crippen LogP contribution in [-0.4, -0.2) is 19.0 Å². The van der Waals surface area contributed by atoms with E-state index in [2.05, 4.69) is 56.1 Å². The lowest BCUT2D eigenvalue weighted by Gasteiger charge is -2.28. The summed E-state index contributed by atoms with van der Waals surface area (Å²) in [7, 11) is 0. The summed E-state index contributed by atoms with van der Waals surface area (Å²) in [5.41, 5.74) is 9.43.